The molecule has 5 nitrogen and oxygen atoms in total. The summed E-state index contributed by atoms with van der Waals surface area (Å²) in [5.41, 5.74) is 0.0229. The van der Waals surface area contributed by atoms with Crippen molar-refractivity contribution in [1.82, 2.24) is 10.2 Å². The number of alkyl halides is 3. The molecule has 1 aliphatic rings. The molecule has 0 aromatic heterocycles. The molecular weight excluding hydrogens is 421 g/mol. The molecule has 0 saturated carbocycles. The Morgan fingerprint density at radius 3 is 2.50 bits per heavy atom. The van der Waals surface area contributed by atoms with E-state index < -0.39 is 23.6 Å². The van der Waals surface area contributed by atoms with Gasteiger partial charge in [-0.25, -0.2) is 0 Å². The molecule has 1 saturated heterocycles. The van der Waals surface area contributed by atoms with E-state index in [0.717, 1.165) is 12.1 Å². The lowest BCUT2D eigenvalue weighted by molar-refractivity contribution is -0.137. The first kappa shape index (κ1) is 23.6. The van der Waals surface area contributed by atoms with Crippen molar-refractivity contribution in [1.29, 1.82) is 0 Å². The number of likely N-dealkylation sites (tertiary alicyclic amines) is 1. The van der Waals surface area contributed by atoms with Gasteiger partial charge in [0.25, 0.3) is 5.91 Å². The average molecular weight is 448 g/mol. The van der Waals surface area contributed by atoms with Crippen LogP contribution in [0.3, 0.4) is 0 Å². The van der Waals surface area contributed by atoms with Crippen LogP contribution in [0.15, 0.2) is 48.5 Å². The van der Waals surface area contributed by atoms with Gasteiger partial charge in [0, 0.05) is 31.1 Å². The lowest BCUT2D eigenvalue weighted by Crippen LogP contribution is -2.37. The van der Waals surface area contributed by atoms with Crippen molar-refractivity contribution >= 4 is 11.8 Å². The summed E-state index contributed by atoms with van der Waals surface area (Å²) in [6.07, 6.45) is -4.49. The summed E-state index contributed by atoms with van der Waals surface area (Å²) < 4.78 is 45.0. The number of methoxy groups -OCH3 is 1. The topological polar surface area (TPSA) is 58.6 Å². The Bertz CT molecular complexity index is 975. The molecule has 0 spiro atoms. The zero-order chi connectivity index (χ0) is 23.5. The molecule has 2 unspecified atom stereocenters. The number of carbonyl (C=O) groups excluding carboxylic acids is 2. The largest absolute Gasteiger partial charge is 0.497 e. The fourth-order valence-electron chi connectivity index (χ4n) is 3.89. The first-order valence-corrected chi connectivity index (χ1v) is 10.5. The van der Waals surface area contributed by atoms with Gasteiger partial charge in [-0.3, -0.25) is 9.59 Å². The SMILES string of the molecule is COc1cccc(C(=O)N2CC(C(=O)NCC(C)C)C(c3cccc(C(F)(F)F)c3)C2)c1. The third-order valence-corrected chi connectivity index (χ3v) is 5.59. The third kappa shape index (κ3) is 5.41. The van der Waals surface area contributed by atoms with Crippen LogP contribution in [0, 0.1) is 11.8 Å². The number of rotatable bonds is 6. The molecule has 1 N–H and O–H groups in total. The van der Waals surface area contributed by atoms with E-state index in [4.69, 9.17) is 4.74 Å². The lowest BCUT2D eigenvalue weighted by Gasteiger charge is -2.20. The third-order valence-electron chi connectivity index (χ3n) is 5.59. The van der Waals surface area contributed by atoms with Gasteiger partial charge in [-0.05, 0) is 35.7 Å². The van der Waals surface area contributed by atoms with Crippen molar-refractivity contribution in [3.8, 4) is 5.75 Å². The summed E-state index contributed by atoms with van der Waals surface area (Å²) in [4.78, 5) is 27.6. The Labute approximate surface area is 185 Å². The van der Waals surface area contributed by atoms with E-state index in [-0.39, 0.29) is 30.8 Å². The van der Waals surface area contributed by atoms with E-state index in [2.05, 4.69) is 5.32 Å². The van der Waals surface area contributed by atoms with Crippen LogP contribution in [-0.2, 0) is 11.0 Å². The molecule has 2 atom stereocenters. The summed E-state index contributed by atoms with van der Waals surface area (Å²) in [6, 6.07) is 11.7. The first-order chi connectivity index (χ1) is 15.1. The van der Waals surface area contributed by atoms with Gasteiger partial charge in [0.15, 0.2) is 0 Å². The number of ether oxygens (including phenoxy) is 1. The van der Waals surface area contributed by atoms with Gasteiger partial charge in [-0.2, -0.15) is 13.2 Å². The van der Waals surface area contributed by atoms with Gasteiger partial charge >= 0.3 is 6.18 Å². The predicted molar refractivity (Wildman–Crippen MR) is 114 cm³/mol. The quantitative estimate of drug-likeness (QED) is 0.715. The highest BCUT2D eigenvalue weighted by atomic mass is 19.4. The number of hydrogen-bond donors (Lipinski definition) is 1. The zero-order valence-electron chi connectivity index (χ0n) is 18.3. The molecular formula is C24H27F3N2O3. The van der Waals surface area contributed by atoms with Crippen LogP contribution in [0.2, 0.25) is 0 Å². The summed E-state index contributed by atoms with van der Waals surface area (Å²) >= 11 is 0. The van der Waals surface area contributed by atoms with Crippen molar-refractivity contribution in [2.24, 2.45) is 11.8 Å². The number of halogens is 3. The Hall–Kier alpha value is -3.03. The molecule has 3 rings (SSSR count). The van der Waals surface area contributed by atoms with Crippen molar-refractivity contribution in [3.63, 3.8) is 0 Å². The van der Waals surface area contributed by atoms with E-state index in [9.17, 15) is 22.8 Å². The van der Waals surface area contributed by atoms with Gasteiger partial charge in [0.05, 0.1) is 18.6 Å². The molecule has 32 heavy (non-hydrogen) atoms. The summed E-state index contributed by atoms with van der Waals surface area (Å²) in [5, 5.41) is 2.87. The minimum absolute atomic E-state index is 0.126. The van der Waals surface area contributed by atoms with Crippen molar-refractivity contribution in [2.75, 3.05) is 26.7 Å². The number of amides is 2. The second-order valence-electron chi connectivity index (χ2n) is 8.42. The summed E-state index contributed by atoms with van der Waals surface area (Å²) in [5.74, 6) is -0.995. The summed E-state index contributed by atoms with van der Waals surface area (Å²) in [7, 11) is 1.50. The highest BCUT2D eigenvalue weighted by Crippen LogP contribution is 2.37. The molecule has 0 radical (unpaired) electrons. The van der Waals surface area contributed by atoms with Crippen LogP contribution in [0.4, 0.5) is 13.2 Å². The van der Waals surface area contributed by atoms with Crippen molar-refractivity contribution in [3.05, 3.63) is 65.2 Å². The van der Waals surface area contributed by atoms with E-state index in [1.54, 1.807) is 30.3 Å². The minimum atomic E-state index is -4.49. The highest BCUT2D eigenvalue weighted by Gasteiger charge is 2.41. The molecule has 172 valence electrons. The molecule has 1 heterocycles. The van der Waals surface area contributed by atoms with Gasteiger partial charge < -0.3 is 15.0 Å². The molecule has 0 bridgehead atoms. The maximum absolute atomic E-state index is 13.3. The average Bonchev–Trinajstić information content (AvgIpc) is 3.22. The summed E-state index contributed by atoms with van der Waals surface area (Å²) in [6.45, 7) is 4.64. The standard InChI is InChI=1S/C24H27F3N2O3/c1-15(2)12-28-22(30)21-14-29(23(31)17-7-5-9-19(11-17)32-3)13-20(21)16-6-4-8-18(10-16)24(25,26)27/h4-11,15,20-21H,12-14H2,1-3H3,(H,28,30). The van der Waals surface area contributed by atoms with Gasteiger partial charge in [-0.15, -0.1) is 0 Å². The second-order valence-corrected chi connectivity index (χ2v) is 8.42. The van der Waals surface area contributed by atoms with E-state index in [1.807, 2.05) is 13.8 Å². The van der Waals surface area contributed by atoms with Crippen LogP contribution < -0.4 is 10.1 Å². The Morgan fingerprint density at radius 1 is 1.12 bits per heavy atom. The molecule has 8 heteroatoms. The number of benzene rings is 2. The minimum Gasteiger partial charge on any atom is -0.497 e. The zero-order valence-corrected chi connectivity index (χ0v) is 18.3. The Morgan fingerprint density at radius 2 is 1.84 bits per heavy atom. The van der Waals surface area contributed by atoms with Crippen LogP contribution in [-0.4, -0.2) is 43.5 Å². The number of carbonyl (C=O) groups is 2. The molecule has 2 aromatic rings. The maximum Gasteiger partial charge on any atom is 0.416 e. The highest BCUT2D eigenvalue weighted by molar-refractivity contribution is 5.95. The van der Waals surface area contributed by atoms with Gasteiger partial charge in [0.2, 0.25) is 5.91 Å². The van der Waals surface area contributed by atoms with Gasteiger partial charge in [-0.1, -0.05) is 38.1 Å². The number of hydrogen-bond acceptors (Lipinski definition) is 3. The monoisotopic (exact) mass is 448 g/mol. The van der Waals surface area contributed by atoms with E-state index >= 15 is 0 Å². The smallest absolute Gasteiger partial charge is 0.416 e. The fraction of sp³-hybridized carbons (Fsp3) is 0.417. The molecule has 1 fully saturated rings. The maximum atomic E-state index is 13.3. The molecule has 2 amide bonds. The van der Waals surface area contributed by atoms with Crippen LogP contribution >= 0.6 is 0 Å². The lowest BCUT2D eigenvalue weighted by atomic mass is 9.87. The Balaban J connectivity index is 1.90. The van der Waals surface area contributed by atoms with Crippen molar-refractivity contribution in [2.45, 2.75) is 25.9 Å². The van der Waals surface area contributed by atoms with Crippen LogP contribution in [0.25, 0.3) is 0 Å². The van der Waals surface area contributed by atoms with Crippen molar-refractivity contribution < 1.29 is 27.5 Å². The Kier molecular flexibility index (Phi) is 7.11. The molecule has 1 aliphatic heterocycles. The predicted octanol–water partition coefficient (Wildman–Crippen LogP) is 4.34. The van der Waals surface area contributed by atoms with E-state index in [0.29, 0.717) is 23.4 Å². The van der Waals surface area contributed by atoms with Crippen LogP contribution in [0.1, 0.15) is 41.3 Å². The molecule has 0 aliphatic carbocycles. The fourth-order valence-corrected chi connectivity index (χ4v) is 3.89. The number of nitrogens with one attached hydrogen (secondary N) is 1. The second kappa shape index (κ2) is 9.63. The number of nitrogens with zero attached hydrogens (tertiary/aromatic N) is 1. The van der Waals surface area contributed by atoms with Gasteiger partial charge in [0.1, 0.15) is 5.75 Å². The normalized spacial score (nSPS) is 18.7. The molecule has 2 aromatic carbocycles. The van der Waals surface area contributed by atoms with Crippen LogP contribution in [0.5, 0.6) is 5.75 Å². The first-order valence-electron chi connectivity index (χ1n) is 10.5. The van der Waals surface area contributed by atoms with E-state index in [1.165, 1.54) is 18.1 Å².